The van der Waals surface area contributed by atoms with Gasteiger partial charge >= 0.3 is 0 Å². The summed E-state index contributed by atoms with van der Waals surface area (Å²) in [6, 6.07) is 13.7. The van der Waals surface area contributed by atoms with Gasteiger partial charge in [0, 0.05) is 11.3 Å². The molecular formula is C22H27N3O3S. The van der Waals surface area contributed by atoms with Crippen molar-refractivity contribution in [3.63, 3.8) is 0 Å². The van der Waals surface area contributed by atoms with Gasteiger partial charge in [-0.05, 0) is 61.6 Å². The van der Waals surface area contributed by atoms with E-state index in [1.165, 1.54) is 0 Å². The number of anilines is 1. The minimum Gasteiger partial charge on any atom is -0.345 e. The maximum absolute atomic E-state index is 12.6. The van der Waals surface area contributed by atoms with Gasteiger partial charge in [-0.25, -0.2) is 0 Å². The van der Waals surface area contributed by atoms with E-state index in [-0.39, 0.29) is 24.3 Å². The van der Waals surface area contributed by atoms with Crippen LogP contribution in [0.25, 0.3) is 0 Å². The summed E-state index contributed by atoms with van der Waals surface area (Å²) < 4.78 is 0. The Labute approximate surface area is 175 Å². The summed E-state index contributed by atoms with van der Waals surface area (Å²) in [5, 5.41) is 8.20. The number of carbonyl (C=O) groups is 3. The van der Waals surface area contributed by atoms with Crippen molar-refractivity contribution >= 4 is 35.2 Å². The van der Waals surface area contributed by atoms with Crippen molar-refractivity contribution in [3.05, 3.63) is 65.2 Å². The fourth-order valence-corrected chi connectivity index (χ4v) is 3.18. The van der Waals surface area contributed by atoms with Gasteiger partial charge in [0.25, 0.3) is 5.91 Å². The van der Waals surface area contributed by atoms with Crippen LogP contribution in [0.1, 0.15) is 27.9 Å². The molecule has 0 spiro atoms. The molecule has 29 heavy (non-hydrogen) atoms. The molecule has 0 bridgehead atoms. The molecule has 0 fully saturated rings. The molecule has 1 atom stereocenters. The SMILES string of the molecule is CSCC[C@@H](NC(=O)c1ccccc1)C(=O)NCC(=O)Nc1cccc(C)c1C. The Morgan fingerprint density at radius 2 is 1.72 bits per heavy atom. The molecular weight excluding hydrogens is 386 g/mol. The highest BCUT2D eigenvalue weighted by Crippen LogP contribution is 2.17. The predicted molar refractivity (Wildman–Crippen MR) is 118 cm³/mol. The lowest BCUT2D eigenvalue weighted by Gasteiger charge is -2.18. The molecule has 0 aliphatic heterocycles. The van der Waals surface area contributed by atoms with Crippen LogP contribution < -0.4 is 16.0 Å². The lowest BCUT2D eigenvalue weighted by Crippen LogP contribution is -2.48. The summed E-state index contributed by atoms with van der Waals surface area (Å²) in [5.74, 6) is -0.293. The number of rotatable bonds is 9. The normalized spacial score (nSPS) is 11.4. The van der Waals surface area contributed by atoms with Gasteiger partial charge in [-0.2, -0.15) is 11.8 Å². The summed E-state index contributed by atoms with van der Waals surface area (Å²) >= 11 is 1.59. The summed E-state index contributed by atoms with van der Waals surface area (Å²) in [6.45, 7) is 3.74. The Morgan fingerprint density at radius 1 is 1.00 bits per heavy atom. The Hall–Kier alpha value is -2.80. The average Bonchev–Trinajstić information content (AvgIpc) is 2.73. The number of carbonyl (C=O) groups excluding carboxylic acids is 3. The van der Waals surface area contributed by atoms with E-state index in [2.05, 4.69) is 16.0 Å². The second kappa shape index (κ2) is 11.3. The molecule has 0 radical (unpaired) electrons. The first-order valence-corrected chi connectivity index (χ1v) is 10.8. The van der Waals surface area contributed by atoms with Crippen molar-refractivity contribution in [2.75, 3.05) is 23.9 Å². The van der Waals surface area contributed by atoms with E-state index in [0.717, 1.165) is 16.8 Å². The molecule has 0 saturated carbocycles. The summed E-state index contributed by atoms with van der Waals surface area (Å²) in [4.78, 5) is 37.2. The average molecular weight is 414 g/mol. The predicted octanol–water partition coefficient (Wildman–Crippen LogP) is 2.91. The van der Waals surface area contributed by atoms with Gasteiger partial charge in [0.05, 0.1) is 6.54 Å². The highest BCUT2D eigenvalue weighted by atomic mass is 32.2. The van der Waals surface area contributed by atoms with Crippen molar-refractivity contribution in [2.24, 2.45) is 0 Å². The van der Waals surface area contributed by atoms with E-state index < -0.39 is 6.04 Å². The lowest BCUT2D eigenvalue weighted by molar-refractivity contribution is -0.125. The second-order valence-corrected chi connectivity index (χ2v) is 7.67. The summed E-state index contributed by atoms with van der Waals surface area (Å²) in [7, 11) is 0. The van der Waals surface area contributed by atoms with Gasteiger partial charge < -0.3 is 16.0 Å². The zero-order valence-corrected chi connectivity index (χ0v) is 17.8. The van der Waals surface area contributed by atoms with Crippen molar-refractivity contribution in [2.45, 2.75) is 26.3 Å². The fourth-order valence-electron chi connectivity index (χ4n) is 2.71. The van der Waals surface area contributed by atoms with Crippen LogP contribution in [0.15, 0.2) is 48.5 Å². The molecule has 3 amide bonds. The zero-order chi connectivity index (χ0) is 21.2. The van der Waals surface area contributed by atoms with E-state index in [1.807, 2.05) is 44.4 Å². The van der Waals surface area contributed by atoms with Crippen molar-refractivity contribution in [1.82, 2.24) is 10.6 Å². The van der Waals surface area contributed by atoms with Gasteiger partial charge in [0.1, 0.15) is 6.04 Å². The largest absolute Gasteiger partial charge is 0.345 e. The topological polar surface area (TPSA) is 87.3 Å². The third-order valence-corrected chi connectivity index (χ3v) is 5.21. The number of amides is 3. The van der Waals surface area contributed by atoms with Crippen LogP contribution >= 0.6 is 11.8 Å². The van der Waals surface area contributed by atoms with Crippen LogP contribution in [0.4, 0.5) is 5.69 Å². The molecule has 6 nitrogen and oxygen atoms in total. The quantitative estimate of drug-likeness (QED) is 0.590. The van der Waals surface area contributed by atoms with Crippen molar-refractivity contribution < 1.29 is 14.4 Å². The lowest BCUT2D eigenvalue weighted by atomic mass is 10.1. The molecule has 3 N–H and O–H groups in total. The van der Waals surface area contributed by atoms with E-state index in [9.17, 15) is 14.4 Å². The maximum atomic E-state index is 12.6. The van der Waals surface area contributed by atoms with E-state index in [1.54, 1.807) is 36.0 Å². The van der Waals surface area contributed by atoms with Crippen molar-refractivity contribution in [3.8, 4) is 0 Å². The van der Waals surface area contributed by atoms with Gasteiger partial charge in [-0.1, -0.05) is 30.3 Å². The Balaban J connectivity index is 1.93. The number of thioether (sulfide) groups is 1. The maximum Gasteiger partial charge on any atom is 0.251 e. The van der Waals surface area contributed by atoms with Gasteiger partial charge in [-0.15, -0.1) is 0 Å². The number of hydrogen-bond donors (Lipinski definition) is 3. The Morgan fingerprint density at radius 3 is 2.41 bits per heavy atom. The summed E-state index contributed by atoms with van der Waals surface area (Å²) in [5.41, 5.74) is 3.27. The van der Waals surface area contributed by atoms with Crippen LogP contribution in [-0.2, 0) is 9.59 Å². The standard InChI is InChI=1S/C22H27N3O3S/c1-15-8-7-11-18(16(15)2)24-20(26)14-23-22(28)19(12-13-29-3)25-21(27)17-9-5-4-6-10-17/h4-11,19H,12-14H2,1-3H3,(H,23,28)(H,24,26)(H,25,27)/t19-/m1/s1. The molecule has 0 saturated heterocycles. The molecule has 0 aliphatic carbocycles. The monoisotopic (exact) mass is 413 g/mol. The molecule has 2 aromatic rings. The van der Waals surface area contributed by atoms with Gasteiger partial charge in [-0.3, -0.25) is 14.4 Å². The highest BCUT2D eigenvalue weighted by molar-refractivity contribution is 7.98. The minimum absolute atomic E-state index is 0.164. The first kappa shape index (κ1) is 22.5. The number of nitrogens with one attached hydrogen (secondary N) is 3. The van der Waals surface area contributed by atoms with Crippen LogP contribution in [0.5, 0.6) is 0 Å². The molecule has 0 aliphatic rings. The smallest absolute Gasteiger partial charge is 0.251 e. The molecule has 0 aromatic heterocycles. The van der Waals surface area contributed by atoms with E-state index in [0.29, 0.717) is 17.7 Å². The second-order valence-electron chi connectivity index (χ2n) is 6.69. The highest BCUT2D eigenvalue weighted by Gasteiger charge is 2.21. The van der Waals surface area contributed by atoms with Crippen LogP contribution in [-0.4, -0.2) is 42.3 Å². The Bertz CT molecular complexity index is 856. The first-order chi connectivity index (χ1) is 13.9. The third-order valence-electron chi connectivity index (χ3n) is 4.57. The third kappa shape index (κ3) is 6.94. The molecule has 2 rings (SSSR count). The molecule has 154 valence electrons. The minimum atomic E-state index is -0.705. The molecule has 2 aromatic carbocycles. The fraction of sp³-hybridized carbons (Fsp3) is 0.318. The van der Waals surface area contributed by atoms with Crippen molar-refractivity contribution in [1.29, 1.82) is 0 Å². The Kier molecular flexibility index (Phi) is 8.73. The molecule has 0 unspecified atom stereocenters. The van der Waals surface area contributed by atoms with Crippen LogP contribution in [0.2, 0.25) is 0 Å². The molecule has 7 heteroatoms. The van der Waals surface area contributed by atoms with Gasteiger partial charge in [0.15, 0.2) is 0 Å². The van der Waals surface area contributed by atoms with Crippen LogP contribution in [0, 0.1) is 13.8 Å². The van der Waals surface area contributed by atoms with E-state index in [4.69, 9.17) is 0 Å². The number of aryl methyl sites for hydroxylation is 1. The molecule has 0 heterocycles. The first-order valence-electron chi connectivity index (χ1n) is 9.41. The number of benzene rings is 2. The summed E-state index contributed by atoms with van der Waals surface area (Å²) in [6.07, 6.45) is 2.41. The zero-order valence-electron chi connectivity index (χ0n) is 17.0. The number of hydrogen-bond acceptors (Lipinski definition) is 4. The van der Waals surface area contributed by atoms with Crippen LogP contribution in [0.3, 0.4) is 0 Å². The van der Waals surface area contributed by atoms with E-state index >= 15 is 0 Å². The van der Waals surface area contributed by atoms with Gasteiger partial charge in [0.2, 0.25) is 11.8 Å².